The second kappa shape index (κ2) is 8.18. The molecule has 0 bridgehead atoms. The van der Waals surface area contributed by atoms with Crippen LogP contribution in [0.1, 0.15) is 21.9 Å². The minimum Gasteiger partial charge on any atom is -0.463 e. The van der Waals surface area contributed by atoms with Gasteiger partial charge in [0.05, 0.1) is 24.8 Å². The molecule has 1 aromatic carbocycles. The molecule has 29 heavy (non-hydrogen) atoms. The van der Waals surface area contributed by atoms with Crippen LogP contribution in [0.25, 0.3) is 17.3 Å². The summed E-state index contributed by atoms with van der Waals surface area (Å²) in [5.74, 6) is 1.87. The molecule has 0 saturated carbocycles. The number of aromatic nitrogens is 3. The largest absolute Gasteiger partial charge is 0.463 e. The van der Waals surface area contributed by atoms with Gasteiger partial charge in [0.15, 0.2) is 10.9 Å². The molecule has 148 valence electrons. The molecule has 0 radical (unpaired) electrons. The maximum absolute atomic E-state index is 11.6. The molecular weight excluding hydrogens is 414 g/mol. The third-order valence-electron chi connectivity index (χ3n) is 4.18. The number of furan rings is 2. The molecular formula is C20H16ClN3O4S. The van der Waals surface area contributed by atoms with Crippen molar-refractivity contribution in [3.05, 3.63) is 70.8 Å². The molecule has 0 N–H and O–H groups in total. The predicted molar refractivity (Wildman–Crippen MR) is 108 cm³/mol. The molecule has 0 aliphatic heterocycles. The Bertz CT molecular complexity index is 1150. The first-order valence-corrected chi connectivity index (χ1v) is 9.99. The molecule has 4 aromatic rings. The van der Waals surface area contributed by atoms with E-state index >= 15 is 0 Å². The van der Waals surface area contributed by atoms with Crippen LogP contribution in [-0.2, 0) is 10.5 Å². The Hall–Kier alpha value is -2.97. The lowest BCUT2D eigenvalue weighted by Gasteiger charge is -2.12. The molecule has 3 aromatic heterocycles. The fraction of sp³-hybridized carbons (Fsp3) is 0.150. The average Bonchev–Trinajstić information content (AvgIpc) is 3.47. The number of carbonyl (C=O) groups excluding carboxylic acids is 1. The molecule has 9 heteroatoms. The molecule has 0 fully saturated rings. The summed E-state index contributed by atoms with van der Waals surface area (Å²) >= 11 is 7.66. The van der Waals surface area contributed by atoms with Crippen molar-refractivity contribution in [2.75, 3.05) is 7.11 Å². The number of benzene rings is 1. The van der Waals surface area contributed by atoms with Crippen molar-refractivity contribution in [2.24, 2.45) is 0 Å². The molecule has 4 rings (SSSR count). The zero-order valence-electron chi connectivity index (χ0n) is 15.6. The second-order valence-corrected chi connectivity index (χ2v) is 7.47. The van der Waals surface area contributed by atoms with Crippen molar-refractivity contribution in [3.63, 3.8) is 0 Å². The summed E-state index contributed by atoms with van der Waals surface area (Å²) in [6.07, 6.45) is 1.59. The number of carbonyl (C=O) groups is 1. The third-order valence-corrected chi connectivity index (χ3v) is 5.37. The van der Waals surface area contributed by atoms with Gasteiger partial charge < -0.3 is 13.6 Å². The van der Waals surface area contributed by atoms with Gasteiger partial charge >= 0.3 is 5.97 Å². The molecule has 3 heterocycles. The summed E-state index contributed by atoms with van der Waals surface area (Å²) in [7, 11) is 1.31. The van der Waals surface area contributed by atoms with Crippen LogP contribution in [0.15, 0.2) is 62.7 Å². The highest BCUT2D eigenvalue weighted by Crippen LogP contribution is 2.32. The first kappa shape index (κ1) is 19.4. The van der Waals surface area contributed by atoms with Crippen LogP contribution < -0.4 is 0 Å². The fourth-order valence-corrected chi connectivity index (χ4v) is 3.78. The minimum absolute atomic E-state index is 0.159. The summed E-state index contributed by atoms with van der Waals surface area (Å²) in [6.45, 7) is 1.99. The number of halogens is 1. The number of hydrogen-bond donors (Lipinski definition) is 0. The van der Waals surface area contributed by atoms with Gasteiger partial charge in [-0.2, -0.15) is 0 Å². The van der Waals surface area contributed by atoms with Crippen LogP contribution >= 0.6 is 23.4 Å². The maximum atomic E-state index is 11.6. The van der Waals surface area contributed by atoms with Crippen LogP contribution in [0, 0.1) is 6.92 Å². The zero-order valence-corrected chi connectivity index (χ0v) is 17.2. The van der Waals surface area contributed by atoms with Gasteiger partial charge in [-0.25, -0.2) is 4.79 Å². The summed E-state index contributed by atoms with van der Waals surface area (Å²) in [4.78, 5) is 11.6. The number of rotatable bonds is 6. The van der Waals surface area contributed by atoms with E-state index in [9.17, 15) is 4.79 Å². The van der Waals surface area contributed by atoms with E-state index in [2.05, 4.69) is 14.9 Å². The van der Waals surface area contributed by atoms with Gasteiger partial charge in [0.25, 0.3) is 0 Å². The third kappa shape index (κ3) is 3.94. The van der Waals surface area contributed by atoms with Crippen LogP contribution in [0.2, 0.25) is 5.02 Å². The highest BCUT2D eigenvalue weighted by atomic mass is 35.5. The molecule has 0 amide bonds. The Kier molecular flexibility index (Phi) is 5.46. The SMILES string of the molecule is COC(=O)c1ccc(CSc2nnc(-c3ccco3)n2-c2cc(Cl)ccc2C)o1. The predicted octanol–water partition coefficient (Wildman–Crippen LogP) is 5.16. The Morgan fingerprint density at radius 2 is 2.10 bits per heavy atom. The Morgan fingerprint density at radius 3 is 2.86 bits per heavy atom. The van der Waals surface area contributed by atoms with Crippen molar-refractivity contribution in [2.45, 2.75) is 17.8 Å². The number of thioether (sulfide) groups is 1. The van der Waals surface area contributed by atoms with Crippen LogP contribution in [-0.4, -0.2) is 27.8 Å². The van der Waals surface area contributed by atoms with Crippen molar-refractivity contribution >= 4 is 29.3 Å². The number of nitrogens with zero attached hydrogens (tertiary/aromatic N) is 3. The van der Waals surface area contributed by atoms with E-state index < -0.39 is 5.97 Å². The zero-order chi connectivity index (χ0) is 20.4. The quantitative estimate of drug-likeness (QED) is 0.309. The van der Waals surface area contributed by atoms with Crippen molar-refractivity contribution in [1.82, 2.24) is 14.8 Å². The summed E-state index contributed by atoms with van der Waals surface area (Å²) in [6, 6.07) is 12.6. The van der Waals surface area contributed by atoms with Gasteiger partial charge in [0, 0.05) is 5.02 Å². The average molecular weight is 430 g/mol. The number of hydrogen-bond acceptors (Lipinski definition) is 7. The van der Waals surface area contributed by atoms with Crippen LogP contribution in [0.5, 0.6) is 0 Å². The van der Waals surface area contributed by atoms with E-state index in [4.69, 9.17) is 20.4 Å². The maximum Gasteiger partial charge on any atom is 0.373 e. The Balaban J connectivity index is 1.69. The fourth-order valence-electron chi connectivity index (χ4n) is 2.77. The molecule has 0 unspecified atom stereocenters. The summed E-state index contributed by atoms with van der Waals surface area (Å²) in [5.41, 5.74) is 1.86. The van der Waals surface area contributed by atoms with Gasteiger partial charge in [0.2, 0.25) is 11.6 Å². The number of aryl methyl sites for hydroxylation is 1. The molecule has 0 aliphatic rings. The van der Waals surface area contributed by atoms with Gasteiger partial charge in [0.1, 0.15) is 5.76 Å². The lowest BCUT2D eigenvalue weighted by atomic mass is 10.2. The molecule has 0 aliphatic carbocycles. The number of ether oxygens (including phenoxy) is 1. The highest BCUT2D eigenvalue weighted by Gasteiger charge is 2.20. The minimum atomic E-state index is -0.515. The topological polar surface area (TPSA) is 83.3 Å². The second-order valence-electron chi connectivity index (χ2n) is 6.10. The van der Waals surface area contributed by atoms with E-state index in [0.29, 0.717) is 33.3 Å². The number of esters is 1. The molecule has 0 spiro atoms. The Labute approximate surface area is 175 Å². The molecule has 0 atom stereocenters. The van der Waals surface area contributed by atoms with Gasteiger partial charge in [-0.15, -0.1) is 10.2 Å². The normalized spacial score (nSPS) is 11.0. The van der Waals surface area contributed by atoms with E-state index in [1.165, 1.54) is 18.9 Å². The van der Waals surface area contributed by atoms with Crippen molar-refractivity contribution in [1.29, 1.82) is 0 Å². The first-order chi connectivity index (χ1) is 14.1. The molecule has 7 nitrogen and oxygen atoms in total. The summed E-state index contributed by atoms with van der Waals surface area (Å²) in [5, 5.41) is 9.89. The monoisotopic (exact) mass is 429 g/mol. The van der Waals surface area contributed by atoms with E-state index in [1.54, 1.807) is 24.5 Å². The van der Waals surface area contributed by atoms with Crippen molar-refractivity contribution < 1.29 is 18.4 Å². The number of methoxy groups -OCH3 is 1. The van der Waals surface area contributed by atoms with Crippen LogP contribution in [0.4, 0.5) is 0 Å². The lowest BCUT2D eigenvalue weighted by molar-refractivity contribution is 0.0563. The van der Waals surface area contributed by atoms with E-state index in [0.717, 1.165) is 11.3 Å². The van der Waals surface area contributed by atoms with Gasteiger partial charge in [-0.3, -0.25) is 4.57 Å². The summed E-state index contributed by atoms with van der Waals surface area (Å²) < 4.78 is 17.6. The Morgan fingerprint density at radius 1 is 1.24 bits per heavy atom. The molecule has 0 saturated heterocycles. The van der Waals surface area contributed by atoms with Crippen molar-refractivity contribution in [3.8, 4) is 17.3 Å². The smallest absolute Gasteiger partial charge is 0.373 e. The van der Waals surface area contributed by atoms with Crippen LogP contribution in [0.3, 0.4) is 0 Å². The highest BCUT2D eigenvalue weighted by molar-refractivity contribution is 7.98. The van der Waals surface area contributed by atoms with Gasteiger partial charge in [-0.05, 0) is 48.9 Å². The van der Waals surface area contributed by atoms with E-state index in [1.807, 2.05) is 35.8 Å². The standard InChI is InChI=1S/C20H16ClN3O4S/c1-12-5-6-13(21)10-15(12)24-18(16-4-3-9-27-16)22-23-20(24)29-11-14-7-8-17(28-14)19(25)26-2/h3-10H,11H2,1-2H3. The van der Waals surface area contributed by atoms with Gasteiger partial charge in [-0.1, -0.05) is 29.4 Å². The first-order valence-electron chi connectivity index (χ1n) is 8.62. The lowest BCUT2D eigenvalue weighted by Crippen LogP contribution is -2.02. The van der Waals surface area contributed by atoms with E-state index in [-0.39, 0.29) is 5.76 Å².